The summed E-state index contributed by atoms with van der Waals surface area (Å²) in [5, 5.41) is 3.21. The normalized spacial score (nSPS) is 18.8. The van der Waals surface area contributed by atoms with Gasteiger partial charge in [0.1, 0.15) is 5.82 Å². The number of fused-ring (bicyclic) bond motifs is 2. The minimum Gasteiger partial charge on any atom is -0.358 e. The standard InChI is InChI=1S/C21H16FNO2/c1-11-17(12(2)24)18(15-9-5-6-10-16(15)22)19-20(23-11)13-7-3-4-8-14(13)21(19)25/h3-10,18,23H,1-2H3/t18-/m1/s1. The molecule has 0 fully saturated rings. The zero-order valence-electron chi connectivity index (χ0n) is 13.9. The minimum atomic E-state index is -0.699. The first-order valence-electron chi connectivity index (χ1n) is 8.12. The van der Waals surface area contributed by atoms with Crippen molar-refractivity contribution in [2.24, 2.45) is 0 Å². The average molecular weight is 333 g/mol. The second-order valence-corrected chi connectivity index (χ2v) is 6.34. The number of nitrogens with one attached hydrogen (secondary N) is 1. The molecule has 3 nitrogen and oxygen atoms in total. The number of hydrogen-bond donors (Lipinski definition) is 1. The SMILES string of the molecule is CC(=O)C1=C(C)NC2=C(C(=O)c3ccccc32)[C@@H]1c1ccccc1F. The Morgan fingerprint density at radius 2 is 1.68 bits per heavy atom. The molecule has 0 unspecified atom stereocenters. The van der Waals surface area contributed by atoms with Crippen LogP contribution in [-0.4, -0.2) is 11.6 Å². The third kappa shape index (κ3) is 2.18. The van der Waals surface area contributed by atoms with Crippen LogP contribution in [0.1, 0.15) is 41.3 Å². The number of hydrogen-bond acceptors (Lipinski definition) is 3. The molecule has 4 rings (SSSR count). The van der Waals surface area contributed by atoms with Gasteiger partial charge in [-0.25, -0.2) is 4.39 Å². The second kappa shape index (κ2) is 5.52. The topological polar surface area (TPSA) is 46.2 Å². The van der Waals surface area contributed by atoms with Crippen LogP contribution in [0.4, 0.5) is 4.39 Å². The van der Waals surface area contributed by atoms with E-state index < -0.39 is 11.7 Å². The molecule has 1 aliphatic carbocycles. The van der Waals surface area contributed by atoms with Crippen LogP contribution < -0.4 is 5.32 Å². The highest BCUT2D eigenvalue weighted by molar-refractivity contribution is 6.23. The zero-order valence-corrected chi connectivity index (χ0v) is 13.9. The summed E-state index contributed by atoms with van der Waals surface area (Å²) < 4.78 is 14.6. The number of carbonyl (C=O) groups is 2. The molecular formula is C21H16FNO2. The second-order valence-electron chi connectivity index (χ2n) is 6.34. The van der Waals surface area contributed by atoms with Crippen molar-refractivity contribution in [3.8, 4) is 0 Å². The number of Topliss-reactive ketones (excluding diaryl/α,β-unsaturated/α-hetero) is 2. The van der Waals surface area contributed by atoms with Gasteiger partial charge in [0.05, 0.1) is 5.70 Å². The van der Waals surface area contributed by atoms with E-state index in [1.54, 1.807) is 37.3 Å². The Bertz CT molecular complexity index is 1000. The summed E-state index contributed by atoms with van der Waals surface area (Å²) in [7, 11) is 0. The van der Waals surface area contributed by atoms with E-state index >= 15 is 0 Å². The molecule has 124 valence electrons. The van der Waals surface area contributed by atoms with Gasteiger partial charge in [0.25, 0.3) is 0 Å². The zero-order chi connectivity index (χ0) is 17.7. The summed E-state index contributed by atoms with van der Waals surface area (Å²) in [6, 6.07) is 13.6. The predicted octanol–water partition coefficient (Wildman–Crippen LogP) is 3.98. The van der Waals surface area contributed by atoms with Gasteiger partial charge >= 0.3 is 0 Å². The Labute approximate surface area is 144 Å². The van der Waals surface area contributed by atoms with E-state index in [4.69, 9.17) is 0 Å². The van der Waals surface area contributed by atoms with Crippen molar-refractivity contribution in [2.75, 3.05) is 0 Å². The van der Waals surface area contributed by atoms with Gasteiger partial charge in [0.15, 0.2) is 11.6 Å². The molecule has 0 saturated carbocycles. The maximum absolute atomic E-state index is 14.6. The van der Waals surface area contributed by atoms with Crippen LogP contribution in [0.5, 0.6) is 0 Å². The predicted molar refractivity (Wildman–Crippen MR) is 93.4 cm³/mol. The summed E-state index contributed by atoms with van der Waals surface area (Å²) in [6.45, 7) is 3.24. The van der Waals surface area contributed by atoms with E-state index in [1.807, 2.05) is 12.1 Å². The quantitative estimate of drug-likeness (QED) is 0.904. The van der Waals surface area contributed by atoms with Crippen molar-refractivity contribution in [1.82, 2.24) is 5.32 Å². The lowest BCUT2D eigenvalue weighted by Crippen LogP contribution is -2.28. The molecule has 1 atom stereocenters. The monoisotopic (exact) mass is 333 g/mol. The number of carbonyl (C=O) groups excluding carboxylic acids is 2. The van der Waals surface area contributed by atoms with Crippen molar-refractivity contribution in [1.29, 1.82) is 0 Å². The van der Waals surface area contributed by atoms with Crippen LogP contribution in [0.3, 0.4) is 0 Å². The van der Waals surface area contributed by atoms with Crippen LogP contribution in [0.2, 0.25) is 0 Å². The summed E-state index contributed by atoms with van der Waals surface area (Å²) in [6.07, 6.45) is 0. The number of dihydropyridines is 1. The van der Waals surface area contributed by atoms with Crippen LogP contribution >= 0.6 is 0 Å². The minimum absolute atomic E-state index is 0.155. The molecule has 0 saturated heterocycles. The summed E-state index contributed by atoms with van der Waals surface area (Å²) >= 11 is 0. The van der Waals surface area contributed by atoms with E-state index in [2.05, 4.69) is 5.32 Å². The number of halogens is 1. The highest BCUT2D eigenvalue weighted by Gasteiger charge is 2.42. The Morgan fingerprint density at radius 3 is 2.36 bits per heavy atom. The number of rotatable bonds is 2. The molecule has 0 amide bonds. The van der Waals surface area contributed by atoms with Crippen LogP contribution in [0, 0.1) is 5.82 Å². The number of ketones is 2. The fourth-order valence-electron chi connectivity index (χ4n) is 3.82. The van der Waals surface area contributed by atoms with Gasteiger partial charge in [0, 0.05) is 39.5 Å². The van der Waals surface area contributed by atoms with Crippen LogP contribution in [0.25, 0.3) is 5.70 Å². The Hall–Kier alpha value is -3.01. The van der Waals surface area contributed by atoms with Crippen molar-refractivity contribution in [3.63, 3.8) is 0 Å². The van der Waals surface area contributed by atoms with E-state index in [1.165, 1.54) is 13.0 Å². The Kier molecular flexibility index (Phi) is 3.42. The lowest BCUT2D eigenvalue weighted by Gasteiger charge is -2.29. The highest BCUT2D eigenvalue weighted by Crippen LogP contribution is 2.46. The fraction of sp³-hybridized carbons (Fsp3) is 0.143. The molecule has 2 aliphatic rings. The highest BCUT2D eigenvalue weighted by atomic mass is 19.1. The average Bonchev–Trinajstić information content (AvgIpc) is 2.87. The molecule has 25 heavy (non-hydrogen) atoms. The molecule has 4 heteroatoms. The lowest BCUT2D eigenvalue weighted by atomic mass is 9.78. The fourth-order valence-corrected chi connectivity index (χ4v) is 3.82. The van der Waals surface area contributed by atoms with Crippen LogP contribution in [0.15, 0.2) is 65.4 Å². The van der Waals surface area contributed by atoms with E-state index in [9.17, 15) is 14.0 Å². The van der Waals surface area contributed by atoms with E-state index in [-0.39, 0.29) is 11.6 Å². The third-order valence-electron chi connectivity index (χ3n) is 4.84. The van der Waals surface area contributed by atoms with Crippen LogP contribution in [-0.2, 0) is 4.79 Å². The van der Waals surface area contributed by atoms with Crippen molar-refractivity contribution >= 4 is 17.3 Å². The Balaban J connectivity index is 2.00. The first kappa shape index (κ1) is 15.5. The van der Waals surface area contributed by atoms with E-state index in [0.29, 0.717) is 33.7 Å². The molecule has 0 radical (unpaired) electrons. The van der Waals surface area contributed by atoms with Crippen molar-refractivity contribution < 1.29 is 14.0 Å². The molecule has 1 N–H and O–H groups in total. The molecule has 1 heterocycles. The van der Waals surface area contributed by atoms with Gasteiger partial charge in [-0.15, -0.1) is 0 Å². The molecule has 2 aromatic carbocycles. The Morgan fingerprint density at radius 1 is 1.04 bits per heavy atom. The van der Waals surface area contributed by atoms with Crippen molar-refractivity contribution in [2.45, 2.75) is 19.8 Å². The van der Waals surface area contributed by atoms with Gasteiger partial charge in [-0.3, -0.25) is 9.59 Å². The first-order chi connectivity index (χ1) is 12.0. The summed E-state index contributed by atoms with van der Waals surface area (Å²) in [5.74, 6) is -1.45. The smallest absolute Gasteiger partial charge is 0.192 e. The molecule has 1 aliphatic heterocycles. The van der Waals surface area contributed by atoms with E-state index in [0.717, 1.165) is 5.56 Å². The van der Waals surface area contributed by atoms with Gasteiger partial charge < -0.3 is 5.32 Å². The number of allylic oxidation sites excluding steroid dienone is 3. The molecule has 0 spiro atoms. The molecule has 0 bridgehead atoms. The lowest BCUT2D eigenvalue weighted by molar-refractivity contribution is -0.113. The van der Waals surface area contributed by atoms with Gasteiger partial charge in [-0.05, 0) is 19.9 Å². The third-order valence-corrected chi connectivity index (χ3v) is 4.84. The summed E-state index contributed by atoms with van der Waals surface area (Å²) in [4.78, 5) is 25.4. The molecule has 2 aromatic rings. The van der Waals surface area contributed by atoms with Crippen molar-refractivity contribution in [3.05, 3.63) is 87.9 Å². The van der Waals surface area contributed by atoms with Gasteiger partial charge in [-0.2, -0.15) is 0 Å². The number of benzene rings is 2. The largest absolute Gasteiger partial charge is 0.358 e. The van der Waals surface area contributed by atoms with Gasteiger partial charge in [-0.1, -0.05) is 42.5 Å². The maximum Gasteiger partial charge on any atom is 0.192 e. The molecule has 0 aromatic heterocycles. The van der Waals surface area contributed by atoms with Gasteiger partial charge in [0.2, 0.25) is 0 Å². The molecular weight excluding hydrogens is 317 g/mol. The summed E-state index contributed by atoms with van der Waals surface area (Å²) in [5.41, 5.74) is 3.94. The maximum atomic E-state index is 14.6. The first-order valence-corrected chi connectivity index (χ1v) is 8.12.